The number of nitrogens with zero attached hydrogens (tertiary/aromatic N) is 6. The van der Waals surface area contributed by atoms with Crippen LogP contribution in [0.15, 0.2) is 119 Å². The van der Waals surface area contributed by atoms with Gasteiger partial charge in [0, 0.05) is 47.4 Å². The van der Waals surface area contributed by atoms with Gasteiger partial charge in [-0.05, 0) is 65.8 Å². The van der Waals surface area contributed by atoms with E-state index >= 15 is 0 Å². The number of anilines is 4. The highest BCUT2D eigenvalue weighted by Crippen LogP contribution is 2.31. The van der Waals surface area contributed by atoms with E-state index in [-0.39, 0.29) is 45.2 Å². The van der Waals surface area contributed by atoms with Crippen molar-refractivity contribution in [1.82, 2.24) is 29.5 Å². The minimum Gasteiger partial charge on any atom is -0.349 e. The second-order valence-corrected chi connectivity index (χ2v) is 13.2. The summed E-state index contributed by atoms with van der Waals surface area (Å²) in [6.07, 6.45) is 6.68. The quantitative estimate of drug-likeness (QED) is 0.131. The van der Waals surface area contributed by atoms with E-state index < -0.39 is 0 Å². The van der Waals surface area contributed by atoms with Crippen molar-refractivity contribution in [2.75, 3.05) is 10.6 Å². The number of ketones is 2. The molecule has 3 aromatic carbocycles. The Labute approximate surface area is 323 Å². The van der Waals surface area contributed by atoms with Crippen molar-refractivity contribution < 1.29 is 9.59 Å². The number of fused-ring (bicyclic) bond motifs is 1. The molecule has 0 unspecified atom stereocenters. The number of carbonyl (C=O) groups is 2. The van der Waals surface area contributed by atoms with Gasteiger partial charge in [-0.2, -0.15) is 10.2 Å². The van der Waals surface area contributed by atoms with Crippen molar-refractivity contribution in [2.45, 2.75) is 54.6 Å². The first-order chi connectivity index (χ1) is 27.0. The molecule has 0 aliphatic heterocycles. The number of benzene rings is 3. The van der Waals surface area contributed by atoms with Crippen LogP contribution in [0.1, 0.15) is 59.5 Å². The van der Waals surface area contributed by atoms with Gasteiger partial charge >= 0.3 is 0 Å². The van der Waals surface area contributed by atoms with E-state index in [2.05, 4.69) is 30.8 Å². The van der Waals surface area contributed by atoms with E-state index in [1.165, 1.54) is 23.2 Å². The molecule has 12 nitrogen and oxygen atoms in total. The lowest BCUT2D eigenvalue weighted by Crippen LogP contribution is -2.28. The van der Waals surface area contributed by atoms with Crippen molar-refractivity contribution in [3.05, 3.63) is 153 Å². The first kappa shape index (κ1) is 38.6. The molecule has 0 aliphatic carbocycles. The Morgan fingerprint density at radius 1 is 0.625 bits per heavy atom. The highest BCUT2D eigenvalue weighted by atomic mass is 16.1. The Bertz CT molecular complexity index is 2700. The molecule has 0 bridgehead atoms. The molecule has 56 heavy (non-hydrogen) atoms. The lowest BCUT2D eigenvalue weighted by atomic mass is 10.0. The van der Waals surface area contributed by atoms with E-state index in [4.69, 9.17) is 0 Å². The van der Waals surface area contributed by atoms with Gasteiger partial charge in [0.1, 0.15) is 22.8 Å². The molecule has 4 heterocycles. The number of aromatic nitrogens is 6. The van der Waals surface area contributed by atoms with E-state index in [0.717, 1.165) is 33.0 Å². The maximum Gasteiger partial charge on any atom is 0.291 e. The second-order valence-electron chi connectivity index (χ2n) is 13.2. The van der Waals surface area contributed by atoms with Crippen molar-refractivity contribution >= 4 is 45.1 Å². The van der Waals surface area contributed by atoms with Crippen molar-refractivity contribution in [3.8, 4) is 22.5 Å². The number of aryl methyl sites for hydroxylation is 4. The number of Topliss-reactive ketones (excluding diaryl/α,β-unsaturated/α-hetero) is 2. The van der Waals surface area contributed by atoms with Crippen LogP contribution in [0.5, 0.6) is 0 Å². The van der Waals surface area contributed by atoms with Crippen LogP contribution in [-0.4, -0.2) is 41.1 Å². The van der Waals surface area contributed by atoms with Crippen LogP contribution in [-0.2, 0) is 13.1 Å². The largest absolute Gasteiger partial charge is 0.349 e. The SMILES string of the molecule is CCn1nc(-c2cccc(C)c2)c(C(C)=O)c(Nc2cccnc2)c1=O.CCn1nc(-c2cccc(C)c2)c(C(C)=O)c(Nc2cncc3ccccc23)c1=O. The smallest absolute Gasteiger partial charge is 0.291 e. The molecule has 282 valence electrons. The average molecular weight is 747 g/mol. The van der Waals surface area contributed by atoms with Gasteiger partial charge in [0.2, 0.25) is 0 Å². The average Bonchev–Trinajstić information content (AvgIpc) is 3.19. The molecule has 0 fully saturated rings. The van der Waals surface area contributed by atoms with E-state index in [1.807, 2.05) is 100 Å². The molecule has 4 aromatic heterocycles. The summed E-state index contributed by atoms with van der Waals surface area (Å²) in [5.41, 5.74) is 6.30. The molecule has 7 rings (SSSR count). The molecule has 2 N–H and O–H groups in total. The Kier molecular flexibility index (Phi) is 11.7. The molecular weight excluding hydrogens is 705 g/mol. The predicted octanol–water partition coefficient (Wildman–Crippen LogP) is 8.31. The van der Waals surface area contributed by atoms with Gasteiger partial charge in [0.25, 0.3) is 11.1 Å². The van der Waals surface area contributed by atoms with Crippen LogP contribution in [0.2, 0.25) is 0 Å². The fraction of sp³-hybridized carbons (Fsp3) is 0.182. The molecule has 0 amide bonds. The van der Waals surface area contributed by atoms with Crippen LogP contribution < -0.4 is 21.8 Å². The van der Waals surface area contributed by atoms with Gasteiger partial charge in [0.15, 0.2) is 11.6 Å². The van der Waals surface area contributed by atoms with Crippen molar-refractivity contribution in [1.29, 1.82) is 0 Å². The molecule has 0 spiro atoms. The zero-order valence-corrected chi connectivity index (χ0v) is 32.1. The normalized spacial score (nSPS) is 10.8. The summed E-state index contributed by atoms with van der Waals surface area (Å²) in [5, 5.41) is 17.1. The molecule has 0 saturated carbocycles. The molecule has 7 aromatic rings. The molecule has 0 atom stereocenters. The van der Waals surface area contributed by atoms with Crippen molar-refractivity contribution in [2.24, 2.45) is 0 Å². The molecule has 12 heteroatoms. The molecule has 0 aliphatic rings. The monoisotopic (exact) mass is 746 g/mol. The summed E-state index contributed by atoms with van der Waals surface area (Å²) < 4.78 is 2.74. The lowest BCUT2D eigenvalue weighted by Gasteiger charge is -2.17. The summed E-state index contributed by atoms with van der Waals surface area (Å²) in [6, 6.07) is 26.8. The molecular formula is C44H42N8O4. The van der Waals surface area contributed by atoms with Crippen LogP contribution in [0.4, 0.5) is 22.7 Å². The second kappa shape index (κ2) is 16.9. The zero-order chi connectivity index (χ0) is 39.9. The van der Waals surface area contributed by atoms with Crippen LogP contribution in [0.3, 0.4) is 0 Å². The zero-order valence-electron chi connectivity index (χ0n) is 32.1. The van der Waals surface area contributed by atoms with Crippen LogP contribution in [0.25, 0.3) is 33.3 Å². The number of nitrogens with one attached hydrogen (secondary N) is 2. The van der Waals surface area contributed by atoms with Crippen LogP contribution in [0, 0.1) is 13.8 Å². The summed E-state index contributed by atoms with van der Waals surface area (Å²) in [7, 11) is 0. The van der Waals surface area contributed by atoms with E-state index in [0.29, 0.717) is 35.9 Å². The third-order valence-corrected chi connectivity index (χ3v) is 9.06. The minimum atomic E-state index is -0.341. The maximum absolute atomic E-state index is 13.2. The van der Waals surface area contributed by atoms with Gasteiger partial charge in [-0.3, -0.25) is 29.1 Å². The fourth-order valence-electron chi connectivity index (χ4n) is 6.41. The van der Waals surface area contributed by atoms with E-state index in [9.17, 15) is 19.2 Å². The van der Waals surface area contributed by atoms with Gasteiger partial charge in [0.05, 0.1) is 34.9 Å². The Balaban J connectivity index is 0.000000192. The highest BCUT2D eigenvalue weighted by molar-refractivity contribution is 6.07. The van der Waals surface area contributed by atoms with Gasteiger partial charge in [-0.15, -0.1) is 0 Å². The number of carbonyl (C=O) groups excluding carboxylic acids is 2. The number of hydrogen-bond donors (Lipinski definition) is 2. The summed E-state index contributed by atoms with van der Waals surface area (Å²) in [5.74, 6) is -0.448. The summed E-state index contributed by atoms with van der Waals surface area (Å²) in [4.78, 5) is 59.5. The minimum absolute atomic E-state index is 0.217. The van der Waals surface area contributed by atoms with Crippen molar-refractivity contribution in [3.63, 3.8) is 0 Å². The number of rotatable bonds is 10. The molecule has 0 radical (unpaired) electrons. The third kappa shape index (κ3) is 8.19. The van der Waals surface area contributed by atoms with Gasteiger partial charge in [-0.25, -0.2) is 9.36 Å². The third-order valence-electron chi connectivity index (χ3n) is 9.06. The summed E-state index contributed by atoms with van der Waals surface area (Å²) in [6.45, 7) is 11.3. The summed E-state index contributed by atoms with van der Waals surface area (Å²) >= 11 is 0. The van der Waals surface area contributed by atoms with Crippen LogP contribution >= 0.6 is 0 Å². The first-order valence-corrected chi connectivity index (χ1v) is 18.2. The first-order valence-electron chi connectivity index (χ1n) is 18.2. The maximum atomic E-state index is 13.2. The standard InChI is InChI=1S/C24H22N4O2.C20H20N4O2/c1-4-28-24(30)23(26-20-14-25-13-18-9-5-6-11-19(18)20)21(16(3)29)22(27-28)17-10-7-8-15(2)12-17;1-4-24-20(26)19(22-16-9-6-10-21-12-16)17(14(3)25)18(23-24)15-8-5-7-13(2)11-15/h5-14,26H,4H2,1-3H3;5-12,22H,4H2,1-3H3. The fourth-order valence-corrected chi connectivity index (χ4v) is 6.41. The Hall–Kier alpha value is -7.08. The number of hydrogen-bond acceptors (Lipinski definition) is 10. The van der Waals surface area contributed by atoms with E-state index in [1.54, 1.807) is 36.9 Å². The van der Waals surface area contributed by atoms with Gasteiger partial charge < -0.3 is 10.6 Å². The molecule has 0 saturated heterocycles. The predicted molar refractivity (Wildman–Crippen MR) is 221 cm³/mol. The highest BCUT2D eigenvalue weighted by Gasteiger charge is 2.24. The topological polar surface area (TPSA) is 154 Å². The Morgan fingerprint density at radius 2 is 1.18 bits per heavy atom. The number of pyridine rings is 2. The lowest BCUT2D eigenvalue weighted by molar-refractivity contribution is 0.101. The van der Waals surface area contributed by atoms with Gasteiger partial charge in [-0.1, -0.05) is 71.8 Å². The Morgan fingerprint density at radius 3 is 1.68 bits per heavy atom.